The Morgan fingerprint density at radius 1 is 1.19 bits per heavy atom. The molecule has 136 valence electrons. The van der Waals surface area contributed by atoms with Crippen LogP contribution >= 0.6 is 22.9 Å². The number of para-hydroxylation sites is 1. The Morgan fingerprint density at radius 3 is 2.62 bits per heavy atom. The minimum Gasteiger partial charge on any atom is -0.494 e. The molecule has 0 aliphatic heterocycles. The first-order valence-corrected chi connectivity index (χ1v) is 9.69. The first kappa shape index (κ1) is 18.7. The Bertz CT molecular complexity index is 929. The van der Waals surface area contributed by atoms with Gasteiger partial charge in [0.05, 0.1) is 16.8 Å². The fourth-order valence-corrected chi connectivity index (χ4v) is 3.80. The van der Waals surface area contributed by atoms with E-state index in [4.69, 9.17) is 16.3 Å². The van der Waals surface area contributed by atoms with Crippen LogP contribution in [0, 0.1) is 20.8 Å². The fraction of sp³-hybridized carbons (Fsp3) is 0.300. The van der Waals surface area contributed by atoms with Gasteiger partial charge in [-0.05, 0) is 62.1 Å². The molecule has 0 unspecified atom stereocenters. The predicted octanol–water partition coefficient (Wildman–Crippen LogP) is 5.67. The molecule has 0 saturated carbocycles. The van der Waals surface area contributed by atoms with E-state index in [0.29, 0.717) is 24.6 Å². The second-order valence-corrected chi connectivity index (χ2v) is 7.72. The molecule has 1 aromatic heterocycles. The number of benzene rings is 2. The third-order valence-corrected chi connectivity index (χ3v) is 5.63. The number of nitrogens with zero attached hydrogens (tertiary/aromatic N) is 1. The molecule has 1 amide bonds. The number of amides is 1. The van der Waals surface area contributed by atoms with Crippen LogP contribution in [0.15, 0.2) is 30.3 Å². The SMILES string of the molecule is Cc1cc(OCCCC(=O)Nc2nc3c(C)cccc3s2)cc(C)c1Cl. The van der Waals surface area contributed by atoms with Gasteiger partial charge in [-0.15, -0.1) is 0 Å². The molecule has 6 heteroatoms. The molecule has 0 aliphatic rings. The number of rotatable bonds is 6. The van der Waals surface area contributed by atoms with E-state index in [-0.39, 0.29) is 5.91 Å². The zero-order valence-electron chi connectivity index (χ0n) is 15.1. The average molecular weight is 389 g/mol. The molecule has 4 nitrogen and oxygen atoms in total. The Balaban J connectivity index is 1.49. The van der Waals surface area contributed by atoms with Gasteiger partial charge in [-0.1, -0.05) is 35.1 Å². The fourth-order valence-electron chi connectivity index (χ4n) is 2.73. The van der Waals surface area contributed by atoms with Crippen molar-refractivity contribution in [2.45, 2.75) is 33.6 Å². The maximum Gasteiger partial charge on any atom is 0.226 e. The molecule has 1 N–H and O–H groups in total. The van der Waals surface area contributed by atoms with Crippen molar-refractivity contribution in [1.29, 1.82) is 0 Å². The van der Waals surface area contributed by atoms with Gasteiger partial charge in [0.25, 0.3) is 0 Å². The smallest absolute Gasteiger partial charge is 0.226 e. The largest absolute Gasteiger partial charge is 0.494 e. The van der Waals surface area contributed by atoms with E-state index in [1.165, 1.54) is 11.3 Å². The molecule has 0 radical (unpaired) electrons. The summed E-state index contributed by atoms with van der Waals surface area (Å²) in [5.41, 5.74) is 4.04. The van der Waals surface area contributed by atoms with Gasteiger partial charge in [0.2, 0.25) is 5.91 Å². The highest BCUT2D eigenvalue weighted by Crippen LogP contribution is 2.28. The average Bonchev–Trinajstić information content (AvgIpc) is 3.00. The summed E-state index contributed by atoms with van der Waals surface area (Å²) in [7, 11) is 0. The number of halogens is 1. The van der Waals surface area contributed by atoms with Crippen molar-refractivity contribution in [2.75, 3.05) is 11.9 Å². The molecule has 1 heterocycles. The maximum atomic E-state index is 12.1. The van der Waals surface area contributed by atoms with Crippen molar-refractivity contribution in [2.24, 2.45) is 0 Å². The molecule has 0 aliphatic carbocycles. The Morgan fingerprint density at radius 2 is 1.92 bits per heavy atom. The van der Waals surface area contributed by atoms with Crippen molar-refractivity contribution >= 4 is 44.2 Å². The summed E-state index contributed by atoms with van der Waals surface area (Å²) in [5.74, 6) is 0.736. The monoisotopic (exact) mass is 388 g/mol. The van der Waals surface area contributed by atoms with Gasteiger partial charge in [-0.3, -0.25) is 4.79 Å². The Kier molecular flexibility index (Phi) is 5.79. The van der Waals surface area contributed by atoms with Gasteiger partial charge in [-0.2, -0.15) is 0 Å². The van der Waals surface area contributed by atoms with Crippen molar-refractivity contribution in [1.82, 2.24) is 4.98 Å². The topological polar surface area (TPSA) is 51.2 Å². The van der Waals surface area contributed by atoms with Crippen LogP contribution in [0.4, 0.5) is 5.13 Å². The molecule has 0 atom stereocenters. The summed E-state index contributed by atoms with van der Waals surface area (Å²) in [6, 6.07) is 9.86. The van der Waals surface area contributed by atoms with Crippen LogP contribution in [-0.2, 0) is 4.79 Å². The second-order valence-electron chi connectivity index (χ2n) is 6.31. The van der Waals surface area contributed by atoms with E-state index in [0.717, 1.165) is 37.7 Å². The van der Waals surface area contributed by atoms with Crippen molar-refractivity contribution in [3.8, 4) is 5.75 Å². The molecule has 26 heavy (non-hydrogen) atoms. The number of aromatic nitrogens is 1. The van der Waals surface area contributed by atoms with Gasteiger partial charge in [-0.25, -0.2) is 4.98 Å². The summed E-state index contributed by atoms with van der Waals surface area (Å²) in [6.45, 7) is 6.41. The van der Waals surface area contributed by atoms with E-state index in [1.54, 1.807) is 0 Å². The number of carbonyl (C=O) groups excluding carboxylic acids is 1. The van der Waals surface area contributed by atoms with Gasteiger partial charge in [0, 0.05) is 11.4 Å². The van der Waals surface area contributed by atoms with Gasteiger partial charge in [0.15, 0.2) is 5.13 Å². The lowest BCUT2D eigenvalue weighted by Crippen LogP contribution is -2.12. The molecule has 0 spiro atoms. The number of aryl methyl sites for hydroxylation is 3. The zero-order chi connectivity index (χ0) is 18.7. The van der Waals surface area contributed by atoms with E-state index in [9.17, 15) is 4.79 Å². The summed E-state index contributed by atoms with van der Waals surface area (Å²) in [5, 5.41) is 4.29. The van der Waals surface area contributed by atoms with Crippen LogP contribution in [0.2, 0.25) is 5.02 Å². The van der Waals surface area contributed by atoms with Crippen LogP contribution in [0.3, 0.4) is 0 Å². The highest BCUT2D eigenvalue weighted by molar-refractivity contribution is 7.22. The highest BCUT2D eigenvalue weighted by Gasteiger charge is 2.09. The summed E-state index contributed by atoms with van der Waals surface area (Å²) < 4.78 is 6.82. The number of nitrogens with one attached hydrogen (secondary N) is 1. The second kappa shape index (κ2) is 8.06. The molecule has 2 aromatic carbocycles. The lowest BCUT2D eigenvalue weighted by Gasteiger charge is -2.09. The van der Waals surface area contributed by atoms with E-state index >= 15 is 0 Å². The predicted molar refractivity (Wildman–Crippen MR) is 109 cm³/mol. The van der Waals surface area contributed by atoms with Crippen LogP contribution < -0.4 is 10.1 Å². The number of thiazole rings is 1. The van der Waals surface area contributed by atoms with Crippen molar-refractivity contribution < 1.29 is 9.53 Å². The molecule has 0 bridgehead atoms. The molecule has 0 fully saturated rings. The lowest BCUT2D eigenvalue weighted by molar-refractivity contribution is -0.116. The van der Waals surface area contributed by atoms with Crippen LogP contribution in [0.25, 0.3) is 10.2 Å². The molecular weight excluding hydrogens is 368 g/mol. The van der Waals surface area contributed by atoms with Crippen LogP contribution in [0.1, 0.15) is 29.5 Å². The molecule has 3 aromatic rings. The first-order valence-electron chi connectivity index (χ1n) is 8.49. The quantitative estimate of drug-likeness (QED) is 0.553. The minimum atomic E-state index is -0.0474. The third-order valence-electron chi connectivity index (χ3n) is 4.09. The highest BCUT2D eigenvalue weighted by atomic mass is 35.5. The Hall–Kier alpha value is -2.11. The van der Waals surface area contributed by atoms with Crippen LogP contribution in [-0.4, -0.2) is 17.5 Å². The van der Waals surface area contributed by atoms with E-state index in [2.05, 4.69) is 10.3 Å². The first-order chi connectivity index (χ1) is 12.4. The Labute approximate surface area is 162 Å². The number of fused-ring (bicyclic) bond motifs is 1. The number of hydrogen-bond acceptors (Lipinski definition) is 4. The number of hydrogen-bond donors (Lipinski definition) is 1. The standard InChI is InChI=1S/C20H21ClN2O2S/c1-12-6-4-7-16-19(12)23-20(26-16)22-17(24)8-5-9-25-15-10-13(2)18(21)14(3)11-15/h4,6-7,10-11H,5,8-9H2,1-3H3,(H,22,23,24). The van der Waals surface area contributed by atoms with E-state index in [1.807, 2.05) is 51.1 Å². The molecular formula is C20H21ClN2O2S. The minimum absolute atomic E-state index is 0.0474. The van der Waals surface area contributed by atoms with Crippen LogP contribution in [0.5, 0.6) is 5.75 Å². The van der Waals surface area contributed by atoms with Gasteiger partial charge < -0.3 is 10.1 Å². The van der Waals surface area contributed by atoms with Gasteiger partial charge in [0.1, 0.15) is 5.75 Å². The third kappa shape index (κ3) is 4.34. The van der Waals surface area contributed by atoms with Crippen molar-refractivity contribution in [3.05, 3.63) is 52.0 Å². The maximum absolute atomic E-state index is 12.1. The summed E-state index contributed by atoms with van der Waals surface area (Å²) >= 11 is 7.65. The number of anilines is 1. The normalized spacial score (nSPS) is 10.9. The van der Waals surface area contributed by atoms with Gasteiger partial charge >= 0.3 is 0 Å². The molecule has 0 saturated heterocycles. The summed E-state index contributed by atoms with van der Waals surface area (Å²) in [4.78, 5) is 16.6. The number of carbonyl (C=O) groups is 1. The van der Waals surface area contributed by atoms with E-state index < -0.39 is 0 Å². The zero-order valence-corrected chi connectivity index (χ0v) is 16.6. The van der Waals surface area contributed by atoms with Crippen molar-refractivity contribution in [3.63, 3.8) is 0 Å². The number of ether oxygens (including phenoxy) is 1. The lowest BCUT2D eigenvalue weighted by atomic mass is 10.1. The summed E-state index contributed by atoms with van der Waals surface area (Å²) in [6.07, 6.45) is 1.02. The molecule has 3 rings (SSSR count).